The molecule has 108 valence electrons. The van der Waals surface area contributed by atoms with Gasteiger partial charge in [0.05, 0.1) is 18.1 Å². The number of hydrogen-bond donors (Lipinski definition) is 2. The summed E-state index contributed by atoms with van der Waals surface area (Å²) in [5, 5.41) is 11.3. The molecule has 0 saturated heterocycles. The number of benzene rings is 1. The first-order valence-corrected chi connectivity index (χ1v) is 7.61. The summed E-state index contributed by atoms with van der Waals surface area (Å²) in [5.74, 6) is 0.0783. The van der Waals surface area contributed by atoms with Crippen molar-refractivity contribution in [1.29, 1.82) is 0 Å². The summed E-state index contributed by atoms with van der Waals surface area (Å²) in [7, 11) is 0. The van der Waals surface area contributed by atoms with Crippen molar-refractivity contribution in [2.24, 2.45) is 0 Å². The van der Waals surface area contributed by atoms with Crippen molar-refractivity contribution in [3.8, 4) is 5.75 Å². The molecule has 0 fully saturated rings. The Labute approximate surface area is 121 Å². The molecule has 1 heterocycles. The average molecular weight is 295 g/mol. The lowest BCUT2D eigenvalue weighted by Gasteiger charge is -2.06. The zero-order chi connectivity index (χ0) is 14.4. The summed E-state index contributed by atoms with van der Waals surface area (Å²) in [6.07, 6.45) is 1.71. The molecule has 0 aliphatic carbocycles. The van der Waals surface area contributed by atoms with E-state index in [2.05, 4.69) is 11.4 Å². The smallest absolute Gasteiger partial charge is 0.313 e. The van der Waals surface area contributed by atoms with Gasteiger partial charge in [0.15, 0.2) is 0 Å². The number of aliphatic carboxylic acids is 1. The zero-order valence-corrected chi connectivity index (χ0v) is 11.9. The minimum Gasteiger partial charge on any atom is -0.493 e. The molecule has 1 aromatic rings. The number of rotatable bonds is 7. The Kier molecular flexibility index (Phi) is 5.29. The standard InChI is InChI=1S/C14H17NO4S/c16-13(8-20-9-14(17)18)15-5-3-10-1-2-12-11(7-10)4-6-19-12/h1-2,7H,3-6,8-9H2,(H,15,16)(H,17,18). The fraction of sp³-hybridized carbons (Fsp3) is 0.429. The molecule has 20 heavy (non-hydrogen) atoms. The van der Waals surface area contributed by atoms with Gasteiger partial charge >= 0.3 is 5.97 Å². The fourth-order valence-corrected chi connectivity index (χ4v) is 2.59. The van der Waals surface area contributed by atoms with Crippen molar-refractivity contribution in [3.63, 3.8) is 0 Å². The van der Waals surface area contributed by atoms with Gasteiger partial charge in [-0.05, 0) is 23.6 Å². The van der Waals surface area contributed by atoms with Gasteiger partial charge in [-0.3, -0.25) is 9.59 Å². The summed E-state index contributed by atoms with van der Waals surface area (Å²) in [5.41, 5.74) is 2.40. The van der Waals surface area contributed by atoms with Crippen molar-refractivity contribution in [2.75, 3.05) is 24.7 Å². The predicted octanol–water partition coefficient (Wildman–Crippen LogP) is 1.10. The molecule has 1 aromatic carbocycles. The second-order valence-electron chi connectivity index (χ2n) is 4.53. The lowest BCUT2D eigenvalue weighted by molar-refractivity contribution is -0.133. The van der Waals surface area contributed by atoms with Crippen LogP contribution in [-0.4, -0.2) is 41.6 Å². The number of carboxylic acids is 1. The molecule has 2 rings (SSSR count). The lowest BCUT2D eigenvalue weighted by atomic mass is 10.1. The SMILES string of the molecule is O=C(O)CSCC(=O)NCCc1ccc2c(c1)CCO2. The molecular weight excluding hydrogens is 278 g/mol. The highest BCUT2D eigenvalue weighted by Gasteiger charge is 2.11. The largest absolute Gasteiger partial charge is 0.493 e. The second kappa shape index (κ2) is 7.19. The van der Waals surface area contributed by atoms with Crippen LogP contribution in [0.5, 0.6) is 5.75 Å². The van der Waals surface area contributed by atoms with Gasteiger partial charge in [-0.25, -0.2) is 0 Å². The molecule has 2 N–H and O–H groups in total. The van der Waals surface area contributed by atoms with Gasteiger partial charge in [-0.1, -0.05) is 12.1 Å². The fourth-order valence-electron chi connectivity index (χ4n) is 2.02. The number of amides is 1. The van der Waals surface area contributed by atoms with E-state index in [1.165, 1.54) is 11.1 Å². The number of nitrogens with one attached hydrogen (secondary N) is 1. The van der Waals surface area contributed by atoms with Gasteiger partial charge < -0.3 is 15.2 Å². The molecule has 1 aliphatic heterocycles. The topological polar surface area (TPSA) is 75.6 Å². The summed E-state index contributed by atoms with van der Waals surface area (Å²) < 4.78 is 5.44. The molecule has 5 nitrogen and oxygen atoms in total. The predicted molar refractivity (Wildman–Crippen MR) is 77.3 cm³/mol. The van der Waals surface area contributed by atoms with Gasteiger partial charge in [-0.2, -0.15) is 0 Å². The summed E-state index contributed by atoms with van der Waals surface area (Å²) in [4.78, 5) is 21.8. The van der Waals surface area contributed by atoms with Crippen molar-refractivity contribution < 1.29 is 19.4 Å². The third-order valence-electron chi connectivity index (χ3n) is 2.95. The Morgan fingerprint density at radius 1 is 1.35 bits per heavy atom. The Hall–Kier alpha value is -1.69. The number of thioether (sulfide) groups is 1. The first kappa shape index (κ1) is 14.7. The van der Waals surface area contributed by atoms with Crippen LogP contribution in [0.4, 0.5) is 0 Å². The molecule has 0 bridgehead atoms. The molecule has 6 heteroatoms. The maximum atomic E-state index is 11.5. The van der Waals surface area contributed by atoms with E-state index in [-0.39, 0.29) is 17.4 Å². The number of carbonyl (C=O) groups is 2. The molecule has 1 aliphatic rings. The van der Waals surface area contributed by atoms with Crippen LogP contribution in [0.2, 0.25) is 0 Å². The summed E-state index contributed by atoms with van der Waals surface area (Å²) >= 11 is 1.10. The van der Waals surface area contributed by atoms with Crippen molar-refractivity contribution in [3.05, 3.63) is 29.3 Å². The highest BCUT2D eigenvalue weighted by atomic mass is 32.2. The van der Waals surface area contributed by atoms with E-state index in [0.29, 0.717) is 6.54 Å². The second-order valence-corrected chi connectivity index (χ2v) is 5.51. The van der Waals surface area contributed by atoms with Crippen molar-refractivity contribution in [2.45, 2.75) is 12.8 Å². The zero-order valence-electron chi connectivity index (χ0n) is 11.1. The molecule has 0 atom stereocenters. The monoisotopic (exact) mass is 295 g/mol. The number of ether oxygens (including phenoxy) is 1. The van der Waals surface area contributed by atoms with E-state index in [1.807, 2.05) is 12.1 Å². The van der Waals surface area contributed by atoms with Crippen LogP contribution in [0.15, 0.2) is 18.2 Å². The highest BCUT2D eigenvalue weighted by molar-refractivity contribution is 8.00. The maximum Gasteiger partial charge on any atom is 0.313 e. The number of carboxylic acid groups (broad SMARTS) is 1. The third kappa shape index (κ3) is 4.45. The first-order valence-electron chi connectivity index (χ1n) is 6.46. The van der Waals surface area contributed by atoms with Gasteiger partial charge in [-0.15, -0.1) is 11.8 Å². The van der Waals surface area contributed by atoms with Crippen LogP contribution in [0, 0.1) is 0 Å². The average Bonchev–Trinajstić information content (AvgIpc) is 2.85. The van der Waals surface area contributed by atoms with Crippen LogP contribution in [-0.2, 0) is 22.4 Å². The third-order valence-corrected chi connectivity index (χ3v) is 3.87. The lowest BCUT2D eigenvalue weighted by Crippen LogP contribution is -2.27. The summed E-state index contributed by atoms with van der Waals surface area (Å²) in [6.45, 7) is 1.31. The van der Waals surface area contributed by atoms with Crippen molar-refractivity contribution in [1.82, 2.24) is 5.32 Å². The van der Waals surface area contributed by atoms with Gasteiger partial charge in [0.2, 0.25) is 5.91 Å². The number of fused-ring (bicyclic) bond motifs is 1. The van der Waals surface area contributed by atoms with E-state index < -0.39 is 5.97 Å². The Balaban J connectivity index is 1.68. The molecule has 0 radical (unpaired) electrons. The molecule has 0 unspecified atom stereocenters. The van der Waals surface area contributed by atoms with Gasteiger partial charge in [0.25, 0.3) is 0 Å². The van der Waals surface area contributed by atoms with E-state index in [4.69, 9.17) is 9.84 Å². The number of carbonyl (C=O) groups excluding carboxylic acids is 1. The minimum absolute atomic E-state index is 0.0434. The quantitative estimate of drug-likeness (QED) is 0.788. The number of hydrogen-bond acceptors (Lipinski definition) is 4. The molecule has 0 saturated carbocycles. The van der Waals surface area contributed by atoms with Gasteiger partial charge in [0.1, 0.15) is 5.75 Å². The molecule has 0 spiro atoms. The molecular formula is C14H17NO4S. The minimum atomic E-state index is -0.900. The summed E-state index contributed by atoms with van der Waals surface area (Å²) in [6, 6.07) is 6.10. The Bertz CT molecular complexity index is 504. The first-order chi connectivity index (χ1) is 9.65. The van der Waals surface area contributed by atoms with E-state index >= 15 is 0 Å². The van der Waals surface area contributed by atoms with E-state index in [9.17, 15) is 9.59 Å². The normalized spacial score (nSPS) is 12.6. The Morgan fingerprint density at radius 2 is 2.20 bits per heavy atom. The van der Waals surface area contributed by atoms with Crippen molar-refractivity contribution >= 4 is 23.6 Å². The van der Waals surface area contributed by atoms with Crippen LogP contribution >= 0.6 is 11.8 Å². The van der Waals surface area contributed by atoms with Crippen LogP contribution in [0.25, 0.3) is 0 Å². The van der Waals surface area contributed by atoms with E-state index in [1.54, 1.807) is 0 Å². The van der Waals surface area contributed by atoms with Crippen LogP contribution < -0.4 is 10.1 Å². The molecule has 1 amide bonds. The van der Waals surface area contributed by atoms with Crippen LogP contribution in [0.1, 0.15) is 11.1 Å². The maximum absolute atomic E-state index is 11.5. The van der Waals surface area contributed by atoms with Crippen LogP contribution in [0.3, 0.4) is 0 Å². The van der Waals surface area contributed by atoms with E-state index in [0.717, 1.165) is 37.0 Å². The Morgan fingerprint density at radius 3 is 3.00 bits per heavy atom. The van der Waals surface area contributed by atoms with Gasteiger partial charge in [0, 0.05) is 13.0 Å². The molecule has 0 aromatic heterocycles. The highest BCUT2D eigenvalue weighted by Crippen LogP contribution is 2.25.